The molecule has 1 amide bonds. The summed E-state index contributed by atoms with van der Waals surface area (Å²) in [5, 5.41) is 3.58. The molecule has 1 unspecified atom stereocenters. The molecule has 0 saturated heterocycles. The van der Waals surface area contributed by atoms with Gasteiger partial charge in [-0.15, -0.1) is 12.4 Å². The Kier molecular flexibility index (Phi) is 8.91. The van der Waals surface area contributed by atoms with E-state index in [1.54, 1.807) is 19.2 Å². The number of unbranched alkanes of at least 4 members (excludes halogenated alkanes) is 1. The largest absolute Gasteiger partial charge is 0.489 e. The van der Waals surface area contributed by atoms with Crippen LogP contribution in [0.5, 0.6) is 5.75 Å². The van der Waals surface area contributed by atoms with Gasteiger partial charge in [-0.3, -0.25) is 9.69 Å². The number of halogens is 3. The predicted molar refractivity (Wildman–Crippen MR) is 133 cm³/mol. The Morgan fingerprint density at radius 3 is 2.79 bits per heavy atom. The third kappa shape index (κ3) is 5.53. The number of fused-ring (bicyclic) bond motifs is 2. The van der Waals surface area contributed by atoms with E-state index in [1.165, 1.54) is 18.2 Å². The highest BCUT2D eigenvalue weighted by Crippen LogP contribution is 2.32. The summed E-state index contributed by atoms with van der Waals surface area (Å²) in [6, 6.07) is 7.75. The van der Waals surface area contributed by atoms with E-state index in [0.717, 1.165) is 55.2 Å². The fraction of sp³-hybridized carbons (Fsp3) is 0.423. The lowest BCUT2D eigenvalue weighted by atomic mass is 9.95. The Balaban J connectivity index is 0.00000324. The number of aromatic nitrogens is 1. The van der Waals surface area contributed by atoms with Crippen LogP contribution in [-0.4, -0.2) is 48.6 Å². The number of carbonyl (C=O) groups is 1. The van der Waals surface area contributed by atoms with Gasteiger partial charge in [-0.2, -0.15) is 0 Å². The van der Waals surface area contributed by atoms with Crippen molar-refractivity contribution < 1.29 is 18.3 Å². The van der Waals surface area contributed by atoms with E-state index in [0.29, 0.717) is 24.2 Å². The second kappa shape index (κ2) is 11.7. The summed E-state index contributed by atoms with van der Waals surface area (Å²) in [7, 11) is 1.57. The first-order valence-corrected chi connectivity index (χ1v) is 11.7. The fourth-order valence-corrected chi connectivity index (χ4v) is 4.77. The van der Waals surface area contributed by atoms with Gasteiger partial charge in [-0.1, -0.05) is 6.92 Å². The van der Waals surface area contributed by atoms with Gasteiger partial charge in [0, 0.05) is 41.3 Å². The maximum Gasteiger partial charge on any atom is 0.251 e. The third-order valence-electron chi connectivity index (χ3n) is 6.44. The highest BCUT2D eigenvalue weighted by atomic mass is 35.5. The average Bonchev–Trinajstić information content (AvgIpc) is 3.22. The maximum atomic E-state index is 14.3. The van der Waals surface area contributed by atoms with Gasteiger partial charge in [0.05, 0.1) is 0 Å². The molecule has 4 rings (SSSR count). The minimum Gasteiger partial charge on any atom is -0.489 e. The van der Waals surface area contributed by atoms with Crippen molar-refractivity contribution >= 4 is 29.2 Å². The summed E-state index contributed by atoms with van der Waals surface area (Å²) < 4.78 is 33.8. The van der Waals surface area contributed by atoms with Crippen LogP contribution in [0, 0.1) is 11.6 Å². The van der Waals surface area contributed by atoms with Crippen molar-refractivity contribution in [3.63, 3.8) is 0 Å². The quantitative estimate of drug-likeness (QED) is 0.401. The molecule has 1 aromatic heterocycles. The van der Waals surface area contributed by atoms with Crippen molar-refractivity contribution in [3.8, 4) is 5.75 Å². The van der Waals surface area contributed by atoms with Crippen LogP contribution in [0.25, 0.3) is 10.9 Å². The lowest BCUT2D eigenvalue weighted by Gasteiger charge is -2.35. The maximum absolute atomic E-state index is 14.3. The Morgan fingerprint density at radius 2 is 2.03 bits per heavy atom. The van der Waals surface area contributed by atoms with Crippen LogP contribution >= 0.6 is 12.4 Å². The highest BCUT2D eigenvalue weighted by Gasteiger charge is 2.30. The lowest BCUT2D eigenvalue weighted by Crippen LogP contribution is -2.44. The van der Waals surface area contributed by atoms with Gasteiger partial charge >= 0.3 is 0 Å². The van der Waals surface area contributed by atoms with Crippen LogP contribution < -0.4 is 10.1 Å². The zero-order valence-electron chi connectivity index (χ0n) is 19.6. The predicted octanol–water partition coefficient (Wildman–Crippen LogP) is 5.27. The first kappa shape index (κ1) is 26.0. The van der Waals surface area contributed by atoms with Crippen LogP contribution in [-0.2, 0) is 12.8 Å². The average molecular weight is 492 g/mol. The molecule has 1 aliphatic rings. The van der Waals surface area contributed by atoms with Gasteiger partial charge in [0.25, 0.3) is 5.91 Å². The van der Waals surface area contributed by atoms with Crippen LogP contribution in [0.4, 0.5) is 8.78 Å². The molecule has 0 radical (unpaired) electrons. The number of benzene rings is 2. The van der Waals surface area contributed by atoms with Gasteiger partial charge < -0.3 is 15.0 Å². The first-order valence-electron chi connectivity index (χ1n) is 11.7. The number of ether oxygens (including phenoxy) is 1. The molecule has 0 saturated carbocycles. The number of hydrogen-bond acceptors (Lipinski definition) is 3. The number of rotatable bonds is 9. The van der Waals surface area contributed by atoms with Crippen LogP contribution in [0.1, 0.15) is 47.7 Å². The number of aryl methyl sites for hydroxylation is 1. The van der Waals surface area contributed by atoms with Crippen LogP contribution in [0.3, 0.4) is 0 Å². The van der Waals surface area contributed by atoms with Gasteiger partial charge in [0.1, 0.15) is 12.4 Å². The third-order valence-corrected chi connectivity index (χ3v) is 6.44. The topological polar surface area (TPSA) is 57.4 Å². The van der Waals surface area contributed by atoms with E-state index in [1.807, 2.05) is 6.20 Å². The molecular weight excluding hydrogens is 460 g/mol. The number of hydrogen-bond donors (Lipinski definition) is 2. The molecule has 8 heteroatoms. The molecular formula is C26H32ClF2N3O2. The molecule has 0 spiro atoms. The van der Waals surface area contributed by atoms with Gasteiger partial charge in [0.15, 0.2) is 11.6 Å². The molecule has 3 aromatic rings. The van der Waals surface area contributed by atoms with Crippen molar-refractivity contribution in [2.45, 2.75) is 45.1 Å². The molecule has 5 nitrogen and oxygen atoms in total. The Bertz CT molecular complexity index is 1130. The molecule has 0 bridgehead atoms. The minimum atomic E-state index is -0.423. The summed E-state index contributed by atoms with van der Waals surface area (Å²) in [6.07, 6.45) is 6.38. The highest BCUT2D eigenvalue weighted by molar-refractivity contribution is 5.96. The van der Waals surface area contributed by atoms with Gasteiger partial charge in [-0.05, 0) is 81.1 Å². The van der Waals surface area contributed by atoms with E-state index in [9.17, 15) is 13.6 Å². The molecule has 0 fully saturated rings. The smallest absolute Gasteiger partial charge is 0.251 e. The summed E-state index contributed by atoms with van der Waals surface area (Å²) in [6.45, 7) is 4.34. The number of aromatic amines is 1. The molecule has 0 aliphatic carbocycles. The second-order valence-corrected chi connectivity index (χ2v) is 8.65. The molecule has 2 aromatic carbocycles. The lowest BCUT2D eigenvalue weighted by molar-refractivity contribution is 0.0949. The fourth-order valence-electron chi connectivity index (χ4n) is 4.77. The molecule has 1 atom stereocenters. The number of nitrogens with one attached hydrogen (secondary N) is 2. The normalized spacial score (nSPS) is 15.0. The molecule has 184 valence electrons. The second-order valence-electron chi connectivity index (χ2n) is 8.65. The number of carbonyl (C=O) groups excluding carboxylic acids is 1. The zero-order chi connectivity index (χ0) is 23.4. The molecule has 1 aliphatic heterocycles. The summed E-state index contributed by atoms with van der Waals surface area (Å²) in [4.78, 5) is 17.9. The van der Waals surface area contributed by atoms with E-state index < -0.39 is 5.82 Å². The zero-order valence-corrected chi connectivity index (χ0v) is 20.4. The Labute approximate surface area is 205 Å². The van der Waals surface area contributed by atoms with E-state index >= 15 is 0 Å². The monoisotopic (exact) mass is 491 g/mol. The number of H-pyrrole nitrogens is 1. The number of nitrogens with zero attached hydrogens (tertiary/aromatic N) is 1. The first-order chi connectivity index (χ1) is 16.0. The molecule has 34 heavy (non-hydrogen) atoms. The Morgan fingerprint density at radius 1 is 1.21 bits per heavy atom. The van der Waals surface area contributed by atoms with E-state index in [2.05, 4.69) is 22.1 Å². The van der Waals surface area contributed by atoms with Crippen molar-refractivity contribution in [1.82, 2.24) is 15.2 Å². The van der Waals surface area contributed by atoms with Crippen molar-refractivity contribution in [2.24, 2.45) is 0 Å². The minimum absolute atomic E-state index is 0. The summed E-state index contributed by atoms with van der Waals surface area (Å²) >= 11 is 0. The van der Waals surface area contributed by atoms with Crippen LogP contribution in [0.15, 0.2) is 36.5 Å². The van der Waals surface area contributed by atoms with Crippen LogP contribution in [0.2, 0.25) is 0 Å². The van der Waals surface area contributed by atoms with Gasteiger partial charge in [0.2, 0.25) is 0 Å². The Hall–Kier alpha value is -2.64. The SMILES string of the molecule is CCCN(CCCCc1c[nH]c2ccc(F)cc12)C1COc2c(F)ccc(C(=O)NC)c2C1.Cl. The summed E-state index contributed by atoms with van der Waals surface area (Å²) in [5.74, 6) is -0.668. The summed E-state index contributed by atoms with van der Waals surface area (Å²) in [5.41, 5.74) is 3.21. The molecule has 2 heterocycles. The van der Waals surface area contributed by atoms with E-state index in [-0.39, 0.29) is 35.9 Å². The standard InChI is InChI=1S/C26H31F2N3O2.ClH/c1-3-11-31(12-5-4-6-17-15-30-24-10-7-18(27)13-21(17)24)19-14-22-20(26(32)29-2)8-9-23(28)25(22)33-16-19;/h7-10,13,15,19,30H,3-6,11-12,14,16H2,1-2H3,(H,29,32);1H. The van der Waals surface area contributed by atoms with Crippen molar-refractivity contribution in [1.29, 1.82) is 0 Å². The van der Waals surface area contributed by atoms with E-state index in [4.69, 9.17) is 4.74 Å². The van der Waals surface area contributed by atoms with Gasteiger partial charge in [-0.25, -0.2) is 8.78 Å². The van der Waals surface area contributed by atoms with Crippen molar-refractivity contribution in [2.75, 3.05) is 26.7 Å². The van der Waals surface area contributed by atoms with Crippen molar-refractivity contribution in [3.05, 3.63) is 64.9 Å². The number of amides is 1. The molecule has 2 N–H and O–H groups in total.